The molecule has 8 rings (SSSR count). The summed E-state index contributed by atoms with van der Waals surface area (Å²) in [4.78, 5) is 42.2. The highest BCUT2D eigenvalue weighted by atomic mass is 31.2. The number of nitrogens with one attached hydrogen (secondary N) is 1. The summed E-state index contributed by atoms with van der Waals surface area (Å²) in [6.45, 7) is -0.843. The number of aliphatic hydroxyl groups excluding tert-OH is 1. The van der Waals surface area contributed by atoms with Gasteiger partial charge in [0.25, 0.3) is 5.56 Å². The highest BCUT2D eigenvalue weighted by Gasteiger charge is 2.75. The standard InChI is InChI=1S/C22H25N11O11P2/c1-39-13-8-3-40-45(36)43-15-12(34)11(32-6-27-9-16(23)25-5-26-17(9)32)7-2-22(7,15)4-41-46(37,38)44-14(13)20(42-8)33-18-10(30-31-33)19(35)29-21(24)28-18/h5-8,11-15,20,34H,2-4H2,1H3,(H5-,23,24,25,26,28,29,31,35,37,38)/p+1/t7-,8-,11-,12+,13-,14-,15+,20-,22?/m1/s1. The molecule has 4 aromatic heterocycles. The van der Waals surface area contributed by atoms with E-state index >= 15 is 0 Å². The Morgan fingerprint density at radius 3 is 2.87 bits per heavy atom. The molecule has 4 aliphatic rings. The summed E-state index contributed by atoms with van der Waals surface area (Å²) in [5.74, 6) is -0.477. The molecule has 7 N–H and O–H groups in total. The molecule has 1 spiro atoms. The maximum atomic E-state index is 13.5. The molecular weight excluding hydrogens is 656 g/mol. The minimum Gasteiger partial charge on any atom is -0.388 e. The van der Waals surface area contributed by atoms with Crippen LogP contribution >= 0.6 is 16.1 Å². The van der Waals surface area contributed by atoms with E-state index in [4.69, 9.17) is 39.0 Å². The van der Waals surface area contributed by atoms with E-state index < -0.39 is 83.1 Å². The lowest BCUT2D eigenvalue weighted by molar-refractivity contribution is -0.0641. The van der Waals surface area contributed by atoms with Crippen LogP contribution < -0.4 is 17.0 Å². The second-order valence-corrected chi connectivity index (χ2v) is 13.7. The number of aromatic nitrogens is 9. The smallest absolute Gasteiger partial charge is 0.388 e. The first-order chi connectivity index (χ1) is 22.0. The molecule has 2 saturated heterocycles. The maximum Gasteiger partial charge on any atom is 0.697 e. The average Bonchev–Trinajstić information content (AvgIpc) is 3.31. The molecular formula is C22H26N11O11P2+. The van der Waals surface area contributed by atoms with Crippen LogP contribution in [0.3, 0.4) is 0 Å². The van der Waals surface area contributed by atoms with Gasteiger partial charge in [-0.15, -0.1) is 14.1 Å². The van der Waals surface area contributed by atoms with Crippen LogP contribution in [0.2, 0.25) is 0 Å². The fraction of sp³-hybridized carbons (Fsp3) is 0.591. The van der Waals surface area contributed by atoms with E-state index in [1.54, 1.807) is 4.57 Å². The number of H-pyrrole nitrogens is 1. The number of methoxy groups -OCH3 is 1. The summed E-state index contributed by atoms with van der Waals surface area (Å²) in [6, 6.07) is -0.700. The molecule has 0 amide bonds. The van der Waals surface area contributed by atoms with Gasteiger partial charge in [-0.05, 0) is 12.3 Å². The predicted molar refractivity (Wildman–Crippen MR) is 149 cm³/mol. The Morgan fingerprint density at radius 1 is 1.24 bits per heavy atom. The number of nitrogens with zero attached hydrogens (tertiary/aromatic N) is 8. The minimum absolute atomic E-state index is 0.104. The molecule has 0 aromatic carbocycles. The third-order valence-corrected chi connectivity index (χ3v) is 10.7. The topological polar surface area (TPSA) is 302 Å². The summed E-state index contributed by atoms with van der Waals surface area (Å²) in [5.41, 5.74) is 10.3. The van der Waals surface area contributed by atoms with Crippen molar-refractivity contribution in [2.24, 2.45) is 11.3 Å². The van der Waals surface area contributed by atoms with E-state index in [0.717, 1.165) is 4.68 Å². The van der Waals surface area contributed by atoms with Crippen LogP contribution in [0.15, 0.2) is 17.4 Å². The molecule has 4 fully saturated rings. The van der Waals surface area contributed by atoms with Crippen LogP contribution in [0.4, 0.5) is 11.8 Å². The fourth-order valence-electron chi connectivity index (χ4n) is 6.87. The van der Waals surface area contributed by atoms with Gasteiger partial charge in [-0.2, -0.15) is 9.67 Å². The summed E-state index contributed by atoms with van der Waals surface area (Å²) in [6.07, 6.45) is -4.31. The lowest BCUT2D eigenvalue weighted by Gasteiger charge is -2.26. The molecule has 4 aromatic rings. The Bertz CT molecular complexity index is 1990. The highest BCUT2D eigenvalue weighted by Crippen LogP contribution is 2.71. The van der Waals surface area contributed by atoms with Crippen LogP contribution in [0.25, 0.3) is 22.3 Å². The van der Waals surface area contributed by atoms with Crippen LogP contribution in [0, 0.1) is 11.3 Å². The van der Waals surface area contributed by atoms with Crippen LogP contribution in [0.5, 0.6) is 0 Å². The molecule has 2 saturated carbocycles. The van der Waals surface area contributed by atoms with E-state index in [1.165, 1.54) is 19.8 Å². The van der Waals surface area contributed by atoms with Crippen molar-refractivity contribution in [2.45, 2.75) is 49.2 Å². The first-order valence-corrected chi connectivity index (χ1v) is 16.4. The molecule has 3 unspecified atom stereocenters. The van der Waals surface area contributed by atoms with Gasteiger partial charge in [0.1, 0.15) is 42.9 Å². The molecule has 11 atom stereocenters. The zero-order valence-electron chi connectivity index (χ0n) is 23.6. The number of fused-ring (bicyclic) bond motifs is 4. The SMILES string of the molecule is CO[C@H]1[C@H]2OP(=O)(O)OCC34C[C@@H]3[C@@H](n3cnc5c(N)ncnc53)[C@H](O)[C@@H]4O[P+](=O)OC[C@H]1O[C@H]2n1nnc2c(=O)[nH]c(N)nc21. The van der Waals surface area contributed by atoms with E-state index in [1.807, 2.05) is 0 Å². The van der Waals surface area contributed by atoms with Crippen molar-refractivity contribution < 1.29 is 46.7 Å². The number of hydrogen-bond donors (Lipinski definition) is 5. The summed E-state index contributed by atoms with van der Waals surface area (Å²) < 4.78 is 63.6. The quantitative estimate of drug-likeness (QED) is 0.161. The summed E-state index contributed by atoms with van der Waals surface area (Å²) in [5, 5.41) is 19.3. The Morgan fingerprint density at radius 2 is 2.07 bits per heavy atom. The Kier molecular flexibility index (Phi) is 6.79. The van der Waals surface area contributed by atoms with Crippen molar-refractivity contribution in [1.29, 1.82) is 0 Å². The molecule has 46 heavy (non-hydrogen) atoms. The monoisotopic (exact) mass is 682 g/mol. The van der Waals surface area contributed by atoms with Crippen LogP contribution in [-0.4, -0.2) is 105 Å². The largest absolute Gasteiger partial charge is 0.697 e. The van der Waals surface area contributed by atoms with Crippen LogP contribution in [0.1, 0.15) is 18.7 Å². The van der Waals surface area contributed by atoms with E-state index in [-0.39, 0.29) is 28.8 Å². The number of phosphoric acid groups is 1. The van der Waals surface area contributed by atoms with E-state index in [0.29, 0.717) is 17.6 Å². The number of phosphoric ester groups is 1. The van der Waals surface area contributed by atoms with Gasteiger partial charge in [-0.3, -0.25) is 18.8 Å². The number of nitrogens with two attached hydrogens (primary N) is 2. The lowest BCUT2D eigenvalue weighted by atomic mass is 10.0. The molecule has 244 valence electrons. The fourth-order valence-corrected chi connectivity index (χ4v) is 8.71. The number of hydrogen-bond acceptors (Lipinski definition) is 18. The van der Waals surface area contributed by atoms with Crippen molar-refractivity contribution in [1.82, 2.24) is 44.5 Å². The zero-order valence-corrected chi connectivity index (χ0v) is 25.4. The number of aliphatic hydroxyl groups is 1. The van der Waals surface area contributed by atoms with Crippen LogP contribution in [-0.2, 0) is 36.7 Å². The van der Waals surface area contributed by atoms with E-state index in [2.05, 4.69) is 35.2 Å². The summed E-state index contributed by atoms with van der Waals surface area (Å²) in [7, 11) is -6.52. The molecule has 0 radical (unpaired) electrons. The average molecular weight is 682 g/mol. The molecule has 22 nitrogen and oxygen atoms in total. The molecule has 2 aliphatic heterocycles. The van der Waals surface area contributed by atoms with Gasteiger partial charge in [0.05, 0.1) is 19.0 Å². The minimum atomic E-state index is -4.93. The van der Waals surface area contributed by atoms with Crippen molar-refractivity contribution in [3.63, 3.8) is 0 Å². The van der Waals surface area contributed by atoms with Gasteiger partial charge in [0, 0.05) is 17.1 Å². The molecule has 2 aliphatic carbocycles. The number of ether oxygens (including phenoxy) is 2. The number of aromatic amines is 1. The third-order valence-electron chi connectivity index (χ3n) is 8.97. The van der Waals surface area contributed by atoms with Crippen molar-refractivity contribution >= 4 is 50.2 Å². The van der Waals surface area contributed by atoms with E-state index in [9.17, 15) is 23.9 Å². The van der Waals surface area contributed by atoms with Crippen molar-refractivity contribution in [3.8, 4) is 0 Å². The third kappa shape index (κ3) is 4.48. The first-order valence-electron chi connectivity index (χ1n) is 13.8. The number of anilines is 2. The number of imidazole rings is 1. The number of nitrogen functional groups attached to an aromatic ring is 2. The van der Waals surface area contributed by atoms with Crippen molar-refractivity contribution in [2.75, 3.05) is 31.8 Å². The predicted octanol–water partition coefficient (Wildman–Crippen LogP) is -1.07. The second kappa shape index (κ2) is 10.5. The van der Waals surface area contributed by atoms with Gasteiger partial charge in [0.2, 0.25) is 5.95 Å². The lowest BCUT2D eigenvalue weighted by Crippen LogP contribution is -2.37. The van der Waals surface area contributed by atoms with Gasteiger partial charge >= 0.3 is 16.1 Å². The van der Waals surface area contributed by atoms with Gasteiger partial charge in [0.15, 0.2) is 35.0 Å². The molecule has 2 bridgehead atoms. The van der Waals surface area contributed by atoms with Gasteiger partial charge < -0.3 is 35.5 Å². The molecule has 24 heteroatoms. The Hall–Kier alpha value is -3.56. The Balaban J connectivity index is 1.13. The first kappa shape index (κ1) is 29.8. The number of rotatable bonds is 3. The van der Waals surface area contributed by atoms with Crippen molar-refractivity contribution in [3.05, 3.63) is 23.0 Å². The van der Waals surface area contributed by atoms with Gasteiger partial charge in [-0.25, -0.2) is 19.5 Å². The maximum absolute atomic E-state index is 13.5. The highest BCUT2D eigenvalue weighted by molar-refractivity contribution is 7.47. The summed E-state index contributed by atoms with van der Waals surface area (Å²) >= 11 is 0. The second-order valence-electron chi connectivity index (χ2n) is 11.4. The normalized spacial score (nSPS) is 38.6. The molecule has 6 heterocycles. The van der Waals surface area contributed by atoms with Gasteiger partial charge in [-0.1, -0.05) is 5.21 Å². The Labute approximate surface area is 256 Å². The zero-order chi connectivity index (χ0) is 32.1.